The van der Waals surface area contributed by atoms with Gasteiger partial charge in [-0.05, 0) is 55.1 Å². The number of aryl methyl sites for hydroxylation is 1. The molecule has 2 N–H and O–H groups in total. The van der Waals surface area contributed by atoms with Crippen LogP contribution in [0.25, 0.3) is 0 Å². The summed E-state index contributed by atoms with van der Waals surface area (Å²) in [6.45, 7) is 5.60. The third kappa shape index (κ3) is 4.61. The molecular weight excluding hydrogens is 320 g/mol. The van der Waals surface area contributed by atoms with Crippen LogP contribution in [0.15, 0.2) is 47.4 Å². The SMILES string of the molecule is CSc1ccc(C)c(C(=O)Nc2ccc(NC(=O)C(C)C)cc2)c1. The molecule has 4 nitrogen and oxygen atoms in total. The smallest absolute Gasteiger partial charge is 0.255 e. The van der Waals surface area contributed by atoms with Crippen LogP contribution in [0.4, 0.5) is 11.4 Å². The number of hydrogen-bond acceptors (Lipinski definition) is 3. The number of carbonyl (C=O) groups excluding carboxylic acids is 2. The number of benzene rings is 2. The maximum atomic E-state index is 12.5. The molecular formula is C19H22N2O2S. The first kappa shape index (κ1) is 18.1. The summed E-state index contributed by atoms with van der Waals surface area (Å²) in [6, 6.07) is 13.0. The van der Waals surface area contributed by atoms with Gasteiger partial charge in [-0.1, -0.05) is 19.9 Å². The molecule has 0 aliphatic carbocycles. The van der Waals surface area contributed by atoms with Gasteiger partial charge in [-0.25, -0.2) is 0 Å². The molecule has 0 atom stereocenters. The summed E-state index contributed by atoms with van der Waals surface area (Å²) < 4.78 is 0. The standard InChI is InChI=1S/C19H22N2O2S/c1-12(2)18(22)20-14-6-8-15(9-7-14)21-19(23)17-11-16(24-4)10-5-13(17)3/h5-12H,1-4H3,(H,20,22)(H,21,23). The molecule has 0 aliphatic rings. The minimum atomic E-state index is -0.137. The molecule has 2 rings (SSSR count). The van der Waals surface area contributed by atoms with Crippen LogP contribution in [0.1, 0.15) is 29.8 Å². The van der Waals surface area contributed by atoms with Crippen LogP contribution < -0.4 is 10.6 Å². The van der Waals surface area contributed by atoms with Crippen LogP contribution in [0.2, 0.25) is 0 Å². The Labute approximate surface area is 147 Å². The molecule has 2 aromatic carbocycles. The second-order valence-electron chi connectivity index (χ2n) is 5.86. The summed E-state index contributed by atoms with van der Waals surface area (Å²) in [7, 11) is 0. The van der Waals surface area contributed by atoms with Gasteiger partial charge in [-0.3, -0.25) is 9.59 Å². The van der Waals surface area contributed by atoms with E-state index in [0.717, 1.165) is 10.5 Å². The van der Waals surface area contributed by atoms with Gasteiger partial charge in [0.15, 0.2) is 0 Å². The fourth-order valence-electron chi connectivity index (χ4n) is 2.09. The highest BCUT2D eigenvalue weighted by Gasteiger charge is 2.11. The third-order valence-electron chi connectivity index (χ3n) is 3.62. The van der Waals surface area contributed by atoms with Gasteiger partial charge in [0.1, 0.15) is 0 Å². The normalized spacial score (nSPS) is 10.5. The lowest BCUT2D eigenvalue weighted by atomic mass is 10.1. The highest BCUT2D eigenvalue weighted by molar-refractivity contribution is 7.98. The van der Waals surface area contributed by atoms with Gasteiger partial charge in [-0.15, -0.1) is 11.8 Å². The molecule has 2 aromatic rings. The Bertz CT molecular complexity index is 740. The van der Waals surface area contributed by atoms with Crippen LogP contribution >= 0.6 is 11.8 Å². The quantitative estimate of drug-likeness (QED) is 0.783. The van der Waals surface area contributed by atoms with Crippen molar-refractivity contribution >= 4 is 35.0 Å². The van der Waals surface area contributed by atoms with Crippen LogP contribution in [0.5, 0.6) is 0 Å². The van der Waals surface area contributed by atoms with Crippen LogP contribution in [0.3, 0.4) is 0 Å². The molecule has 126 valence electrons. The number of thioether (sulfide) groups is 1. The maximum absolute atomic E-state index is 12.5. The fourth-order valence-corrected chi connectivity index (χ4v) is 2.53. The Morgan fingerprint density at radius 3 is 2.08 bits per heavy atom. The van der Waals surface area contributed by atoms with E-state index in [0.29, 0.717) is 16.9 Å². The molecule has 0 radical (unpaired) electrons. The number of carbonyl (C=O) groups is 2. The lowest BCUT2D eigenvalue weighted by Gasteiger charge is -2.11. The second-order valence-corrected chi connectivity index (χ2v) is 6.74. The Morgan fingerprint density at radius 1 is 0.958 bits per heavy atom. The summed E-state index contributed by atoms with van der Waals surface area (Å²) in [5, 5.41) is 5.72. The van der Waals surface area contributed by atoms with Gasteiger partial charge < -0.3 is 10.6 Å². The van der Waals surface area contributed by atoms with Crippen molar-refractivity contribution in [2.75, 3.05) is 16.9 Å². The largest absolute Gasteiger partial charge is 0.326 e. The Kier molecular flexibility index (Phi) is 6.04. The van der Waals surface area contributed by atoms with Gasteiger partial charge in [0.2, 0.25) is 5.91 Å². The molecule has 0 heterocycles. The van der Waals surface area contributed by atoms with Crippen molar-refractivity contribution < 1.29 is 9.59 Å². The molecule has 0 aromatic heterocycles. The first-order valence-corrected chi connectivity index (χ1v) is 9.00. The van der Waals surface area contributed by atoms with Crippen molar-refractivity contribution in [2.24, 2.45) is 5.92 Å². The zero-order valence-electron chi connectivity index (χ0n) is 14.3. The van der Waals surface area contributed by atoms with Crippen LogP contribution in [-0.4, -0.2) is 18.1 Å². The van der Waals surface area contributed by atoms with E-state index in [9.17, 15) is 9.59 Å². The Hall–Kier alpha value is -2.27. The van der Waals surface area contributed by atoms with E-state index in [1.165, 1.54) is 0 Å². The van der Waals surface area contributed by atoms with E-state index < -0.39 is 0 Å². The fraction of sp³-hybridized carbons (Fsp3) is 0.263. The molecule has 0 bridgehead atoms. The number of rotatable bonds is 5. The molecule has 2 amide bonds. The second kappa shape index (κ2) is 8.02. The number of anilines is 2. The van der Waals surface area contributed by atoms with Gasteiger partial charge in [0.25, 0.3) is 5.91 Å². The van der Waals surface area contributed by atoms with Gasteiger partial charge in [0.05, 0.1) is 0 Å². The molecule has 0 fully saturated rings. The van der Waals surface area contributed by atoms with E-state index in [-0.39, 0.29) is 17.7 Å². The summed E-state index contributed by atoms with van der Waals surface area (Å²) in [5.74, 6) is -0.241. The van der Waals surface area contributed by atoms with Crippen LogP contribution in [-0.2, 0) is 4.79 Å². The zero-order chi connectivity index (χ0) is 17.7. The number of hydrogen-bond donors (Lipinski definition) is 2. The predicted octanol–water partition coefficient (Wildman–Crippen LogP) is 4.56. The monoisotopic (exact) mass is 342 g/mol. The number of nitrogens with one attached hydrogen (secondary N) is 2. The van der Waals surface area contributed by atoms with Gasteiger partial charge in [0, 0.05) is 27.8 Å². The lowest BCUT2D eigenvalue weighted by Crippen LogP contribution is -2.17. The van der Waals surface area contributed by atoms with E-state index >= 15 is 0 Å². The first-order chi connectivity index (χ1) is 11.4. The minimum absolute atomic E-state index is 0.0312. The highest BCUT2D eigenvalue weighted by atomic mass is 32.2. The van der Waals surface area contributed by atoms with Gasteiger partial charge in [-0.2, -0.15) is 0 Å². The molecule has 0 saturated heterocycles. The lowest BCUT2D eigenvalue weighted by molar-refractivity contribution is -0.118. The molecule has 0 spiro atoms. The molecule has 0 aliphatic heterocycles. The van der Waals surface area contributed by atoms with Crippen LogP contribution in [0, 0.1) is 12.8 Å². The van der Waals surface area contributed by atoms with E-state index in [4.69, 9.17) is 0 Å². The van der Waals surface area contributed by atoms with Crippen molar-refractivity contribution in [1.29, 1.82) is 0 Å². The zero-order valence-corrected chi connectivity index (χ0v) is 15.2. The number of amides is 2. The summed E-state index contributed by atoms with van der Waals surface area (Å²) in [6.07, 6.45) is 1.98. The highest BCUT2D eigenvalue weighted by Crippen LogP contribution is 2.21. The van der Waals surface area contributed by atoms with Gasteiger partial charge >= 0.3 is 0 Å². The first-order valence-electron chi connectivity index (χ1n) is 7.77. The Morgan fingerprint density at radius 2 is 1.54 bits per heavy atom. The minimum Gasteiger partial charge on any atom is -0.326 e. The van der Waals surface area contributed by atoms with E-state index in [1.54, 1.807) is 36.0 Å². The molecule has 0 unspecified atom stereocenters. The van der Waals surface area contributed by atoms with Crippen molar-refractivity contribution in [3.63, 3.8) is 0 Å². The Balaban J connectivity index is 2.08. The van der Waals surface area contributed by atoms with Crippen molar-refractivity contribution in [2.45, 2.75) is 25.7 Å². The third-order valence-corrected chi connectivity index (χ3v) is 4.35. The maximum Gasteiger partial charge on any atom is 0.255 e. The van der Waals surface area contributed by atoms with E-state index in [1.807, 2.05) is 45.2 Å². The summed E-state index contributed by atoms with van der Waals surface area (Å²) in [5.41, 5.74) is 3.01. The molecule has 5 heteroatoms. The molecule has 24 heavy (non-hydrogen) atoms. The predicted molar refractivity (Wildman–Crippen MR) is 101 cm³/mol. The van der Waals surface area contributed by atoms with Crippen molar-refractivity contribution in [3.05, 3.63) is 53.6 Å². The average Bonchev–Trinajstić information content (AvgIpc) is 2.56. The van der Waals surface area contributed by atoms with Crippen molar-refractivity contribution in [1.82, 2.24) is 0 Å². The summed E-state index contributed by atoms with van der Waals surface area (Å²) in [4.78, 5) is 25.2. The van der Waals surface area contributed by atoms with E-state index in [2.05, 4.69) is 10.6 Å². The average molecular weight is 342 g/mol. The van der Waals surface area contributed by atoms with Crippen molar-refractivity contribution in [3.8, 4) is 0 Å². The summed E-state index contributed by atoms with van der Waals surface area (Å²) >= 11 is 1.61. The molecule has 0 saturated carbocycles. The topological polar surface area (TPSA) is 58.2 Å².